The summed E-state index contributed by atoms with van der Waals surface area (Å²) in [6.07, 6.45) is 1.21. The van der Waals surface area contributed by atoms with Gasteiger partial charge in [0.05, 0.1) is 0 Å². The number of ether oxygens (including phenoxy) is 2. The lowest BCUT2D eigenvalue weighted by Gasteiger charge is -2.29. The van der Waals surface area contributed by atoms with E-state index in [0.29, 0.717) is 16.9 Å². The zero-order valence-electron chi connectivity index (χ0n) is 15.7. The van der Waals surface area contributed by atoms with Crippen LogP contribution in [0.1, 0.15) is 29.8 Å². The van der Waals surface area contributed by atoms with Crippen LogP contribution in [0.15, 0.2) is 60.3 Å². The van der Waals surface area contributed by atoms with E-state index in [0.717, 1.165) is 5.56 Å². The molecule has 1 heterocycles. The number of cyclic esters (lactones) is 2. The Labute approximate surface area is 162 Å². The predicted molar refractivity (Wildman–Crippen MR) is 104 cm³/mol. The Balaban J connectivity index is 1.71. The first-order chi connectivity index (χ1) is 13.2. The van der Waals surface area contributed by atoms with Gasteiger partial charge < -0.3 is 20.1 Å². The number of benzene rings is 2. The van der Waals surface area contributed by atoms with E-state index in [4.69, 9.17) is 9.47 Å². The number of hydrogen-bond donors (Lipinski definition) is 2. The van der Waals surface area contributed by atoms with Crippen LogP contribution in [0.25, 0.3) is 0 Å². The smallest absolute Gasteiger partial charge is 0.350 e. The molecule has 0 saturated carbocycles. The van der Waals surface area contributed by atoms with E-state index in [1.165, 1.54) is 20.0 Å². The lowest BCUT2D eigenvalue weighted by Crippen LogP contribution is -2.42. The molecule has 0 aromatic heterocycles. The molecule has 1 amide bonds. The SMILES string of the molecule is Cc1ccc(NC(=O)c2cccc(NC=C3C(=O)OC(C)(C)OC3=O)c2)cc1. The van der Waals surface area contributed by atoms with Gasteiger partial charge in [0, 0.05) is 37.0 Å². The molecule has 2 N–H and O–H groups in total. The van der Waals surface area contributed by atoms with Gasteiger partial charge in [-0.25, -0.2) is 9.59 Å². The van der Waals surface area contributed by atoms with Crippen LogP contribution in [0.5, 0.6) is 0 Å². The van der Waals surface area contributed by atoms with Crippen molar-refractivity contribution >= 4 is 29.2 Å². The zero-order chi connectivity index (χ0) is 20.3. The minimum Gasteiger partial charge on any atom is -0.419 e. The molecule has 3 rings (SSSR count). The summed E-state index contributed by atoms with van der Waals surface area (Å²) in [5, 5.41) is 5.64. The van der Waals surface area contributed by atoms with E-state index in [1.54, 1.807) is 24.3 Å². The third kappa shape index (κ3) is 4.56. The van der Waals surface area contributed by atoms with Crippen LogP contribution in [0.4, 0.5) is 11.4 Å². The third-order valence-corrected chi connectivity index (χ3v) is 3.93. The van der Waals surface area contributed by atoms with Crippen LogP contribution >= 0.6 is 0 Å². The molecule has 0 spiro atoms. The summed E-state index contributed by atoms with van der Waals surface area (Å²) in [5.74, 6) is -3.12. The largest absolute Gasteiger partial charge is 0.419 e. The molecule has 1 saturated heterocycles. The lowest BCUT2D eigenvalue weighted by atomic mass is 10.1. The van der Waals surface area contributed by atoms with Crippen molar-refractivity contribution in [2.24, 2.45) is 0 Å². The molecule has 7 nitrogen and oxygen atoms in total. The molecule has 1 fully saturated rings. The third-order valence-electron chi connectivity index (χ3n) is 3.93. The molecule has 0 bridgehead atoms. The van der Waals surface area contributed by atoms with Gasteiger partial charge in [-0.1, -0.05) is 23.8 Å². The molecule has 0 unspecified atom stereocenters. The molecule has 2 aromatic carbocycles. The number of aryl methyl sites for hydroxylation is 1. The molecular weight excluding hydrogens is 360 g/mol. The van der Waals surface area contributed by atoms with Crippen molar-refractivity contribution in [2.45, 2.75) is 26.6 Å². The number of hydrogen-bond acceptors (Lipinski definition) is 6. The molecule has 1 aliphatic heterocycles. The minimum absolute atomic E-state index is 0.256. The van der Waals surface area contributed by atoms with Crippen LogP contribution in [-0.2, 0) is 19.1 Å². The summed E-state index contributed by atoms with van der Waals surface area (Å²) < 4.78 is 10.1. The number of rotatable bonds is 4. The first-order valence-electron chi connectivity index (χ1n) is 8.65. The molecular formula is C21H20N2O5. The Morgan fingerprint density at radius 3 is 2.25 bits per heavy atom. The van der Waals surface area contributed by atoms with E-state index in [-0.39, 0.29) is 11.5 Å². The van der Waals surface area contributed by atoms with Gasteiger partial charge in [-0.2, -0.15) is 0 Å². The Kier molecular flexibility index (Phi) is 5.17. The Hall–Kier alpha value is -3.61. The molecule has 0 radical (unpaired) electrons. The Morgan fingerprint density at radius 1 is 0.964 bits per heavy atom. The maximum absolute atomic E-state index is 12.4. The van der Waals surface area contributed by atoms with Gasteiger partial charge in [0.2, 0.25) is 0 Å². The number of anilines is 2. The summed E-state index contributed by atoms with van der Waals surface area (Å²) in [7, 11) is 0. The van der Waals surface area contributed by atoms with Crippen molar-refractivity contribution in [3.05, 3.63) is 71.4 Å². The van der Waals surface area contributed by atoms with Crippen LogP contribution < -0.4 is 10.6 Å². The first-order valence-corrected chi connectivity index (χ1v) is 8.65. The van der Waals surface area contributed by atoms with E-state index in [1.807, 2.05) is 31.2 Å². The summed E-state index contributed by atoms with van der Waals surface area (Å²) in [4.78, 5) is 36.3. The highest BCUT2D eigenvalue weighted by atomic mass is 16.7. The van der Waals surface area contributed by atoms with Gasteiger partial charge in [0.1, 0.15) is 0 Å². The van der Waals surface area contributed by atoms with Gasteiger partial charge in [0.15, 0.2) is 5.57 Å². The van der Waals surface area contributed by atoms with E-state index in [9.17, 15) is 14.4 Å². The monoisotopic (exact) mass is 380 g/mol. The number of esters is 2. The van der Waals surface area contributed by atoms with Crippen LogP contribution in [-0.4, -0.2) is 23.6 Å². The Bertz CT molecular complexity index is 939. The highest BCUT2D eigenvalue weighted by molar-refractivity contribution is 6.15. The molecule has 28 heavy (non-hydrogen) atoms. The second-order valence-corrected chi connectivity index (χ2v) is 6.78. The maximum atomic E-state index is 12.4. The van der Waals surface area contributed by atoms with Gasteiger partial charge in [-0.05, 0) is 37.3 Å². The average molecular weight is 380 g/mol. The van der Waals surface area contributed by atoms with Crippen molar-refractivity contribution < 1.29 is 23.9 Å². The van der Waals surface area contributed by atoms with Crippen molar-refractivity contribution in [3.63, 3.8) is 0 Å². The second-order valence-electron chi connectivity index (χ2n) is 6.78. The molecule has 2 aromatic rings. The lowest BCUT2D eigenvalue weighted by molar-refractivity contribution is -0.222. The van der Waals surface area contributed by atoms with Crippen LogP contribution in [0.2, 0.25) is 0 Å². The van der Waals surface area contributed by atoms with Crippen molar-refractivity contribution in [3.8, 4) is 0 Å². The highest BCUT2D eigenvalue weighted by Crippen LogP contribution is 2.23. The molecule has 144 valence electrons. The molecule has 0 atom stereocenters. The quantitative estimate of drug-likeness (QED) is 0.480. The summed E-state index contributed by atoms with van der Waals surface area (Å²) in [6.45, 7) is 4.92. The fourth-order valence-electron chi connectivity index (χ4n) is 2.52. The van der Waals surface area contributed by atoms with Crippen molar-refractivity contribution in [1.29, 1.82) is 0 Å². The van der Waals surface area contributed by atoms with Crippen LogP contribution in [0.3, 0.4) is 0 Å². The van der Waals surface area contributed by atoms with E-state index in [2.05, 4.69) is 10.6 Å². The summed E-state index contributed by atoms with van der Waals surface area (Å²) >= 11 is 0. The topological polar surface area (TPSA) is 93.7 Å². The van der Waals surface area contributed by atoms with E-state index < -0.39 is 17.7 Å². The van der Waals surface area contributed by atoms with Crippen LogP contribution in [0, 0.1) is 6.92 Å². The van der Waals surface area contributed by atoms with Gasteiger partial charge in [-0.3, -0.25) is 4.79 Å². The number of carbonyl (C=O) groups excluding carboxylic acids is 3. The first kappa shape index (κ1) is 19.2. The summed E-state index contributed by atoms with van der Waals surface area (Å²) in [5.41, 5.74) is 2.47. The summed E-state index contributed by atoms with van der Waals surface area (Å²) in [6, 6.07) is 14.1. The normalized spacial score (nSPS) is 15.3. The zero-order valence-corrected chi connectivity index (χ0v) is 15.7. The number of carbonyl (C=O) groups is 3. The number of nitrogens with one attached hydrogen (secondary N) is 2. The second kappa shape index (κ2) is 7.56. The van der Waals surface area contributed by atoms with Gasteiger partial charge in [0.25, 0.3) is 11.7 Å². The molecule has 7 heteroatoms. The molecule has 1 aliphatic rings. The molecule has 0 aliphatic carbocycles. The van der Waals surface area contributed by atoms with Gasteiger partial charge >= 0.3 is 11.9 Å². The number of amides is 1. The Morgan fingerprint density at radius 2 is 1.61 bits per heavy atom. The fourth-order valence-corrected chi connectivity index (χ4v) is 2.52. The average Bonchev–Trinajstić information content (AvgIpc) is 2.62. The standard InChI is InChI=1S/C21H20N2O5/c1-13-7-9-15(10-8-13)23-18(24)14-5-4-6-16(11-14)22-12-17-19(25)27-21(2,3)28-20(17)26/h4-12,22H,1-3H3,(H,23,24). The predicted octanol–water partition coefficient (Wildman–Crippen LogP) is 3.38. The van der Waals surface area contributed by atoms with Crippen molar-refractivity contribution in [1.82, 2.24) is 0 Å². The fraction of sp³-hybridized carbons (Fsp3) is 0.190. The van der Waals surface area contributed by atoms with E-state index >= 15 is 0 Å². The maximum Gasteiger partial charge on any atom is 0.350 e. The van der Waals surface area contributed by atoms with Gasteiger partial charge in [-0.15, -0.1) is 0 Å². The minimum atomic E-state index is -1.29. The van der Waals surface area contributed by atoms with Crippen molar-refractivity contribution in [2.75, 3.05) is 10.6 Å². The highest BCUT2D eigenvalue weighted by Gasteiger charge is 2.38.